The molecule has 2 aromatic carbocycles. The molecule has 4 rings (SSSR count). The third kappa shape index (κ3) is 8.09. The number of carbonyl (C=O) groups excluding carboxylic acids is 1. The maximum atomic E-state index is 13.4. The lowest BCUT2D eigenvalue weighted by Gasteiger charge is -2.26. The van der Waals surface area contributed by atoms with Gasteiger partial charge in [-0.15, -0.1) is 0 Å². The van der Waals surface area contributed by atoms with Gasteiger partial charge in [-0.1, -0.05) is 49.6 Å². The summed E-state index contributed by atoms with van der Waals surface area (Å²) >= 11 is 1.57. The van der Waals surface area contributed by atoms with Gasteiger partial charge in [0.05, 0.1) is 18.8 Å². The molecule has 1 amide bonds. The van der Waals surface area contributed by atoms with E-state index in [1.807, 2.05) is 49.6 Å². The van der Waals surface area contributed by atoms with Crippen LogP contribution >= 0.6 is 11.8 Å². The Hall–Kier alpha value is -2.39. The summed E-state index contributed by atoms with van der Waals surface area (Å²) in [5, 5.41) is 12.4. The lowest BCUT2D eigenvalue weighted by atomic mass is 9.93. The Labute approximate surface area is 243 Å². The van der Waals surface area contributed by atoms with Gasteiger partial charge in [-0.05, 0) is 79.0 Å². The highest BCUT2D eigenvalue weighted by atomic mass is 32.2. The molecule has 0 radical (unpaired) electrons. The van der Waals surface area contributed by atoms with E-state index in [0.29, 0.717) is 30.4 Å². The van der Waals surface area contributed by atoms with Crippen molar-refractivity contribution in [3.63, 3.8) is 0 Å². The van der Waals surface area contributed by atoms with Gasteiger partial charge in [-0.25, -0.2) is 4.79 Å². The summed E-state index contributed by atoms with van der Waals surface area (Å²) in [7, 11) is 1.75. The predicted octanol–water partition coefficient (Wildman–Crippen LogP) is 5.54. The van der Waals surface area contributed by atoms with Crippen LogP contribution in [0.25, 0.3) is 11.1 Å². The molecule has 1 heterocycles. The number of aliphatic carboxylic acids is 1. The summed E-state index contributed by atoms with van der Waals surface area (Å²) in [6.07, 6.45) is 10.00. The third-order valence-corrected chi connectivity index (χ3v) is 8.79. The number of likely N-dealkylation sites (tertiary alicyclic amines) is 1. The quantitative estimate of drug-likeness (QED) is 0.328. The van der Waals surface area contributed by atoms with Gasteiger partial charge in [0.15, 0.2) is 0 Å². The van der Waals surface area contributed by atoms with Gasteiger partial charge in [0, 0.05) is 31.8 Å². The van der Waals surface area contributed by atoms with Gasteiger partial charge in [-0.2, -0.15) is 11.8 Å². The Morgan fingerprint density at radius 3 is 2.58 bits per heavy atom. The van der Waals surface area contributed by atoms with Crippen LogP contribution in [0.15, 0.2) is 42.5 Å². The molecule has 40 heavy (non-hydrogen) atoms. The molecular formula is C32H44N2O5S. The van der Waals surface area contributed by atoms with Crippen LogP contribution in [0.5, 0.6) is 0 Å². The van der Waals surface area contributed by atoms with Crippen molar-refractivity contribution in [2.24, 2.45) is 0 Å². The zero-order valence-electron chi connectivity index (χ0n) is 24.1. The SMILES string of the molecule is COC[C@H]1CC(OC2CCCCC2)CN1Cc1ccc(C(=O)N[C@@H](CCSC)C(=O)O)c(-c2ccccc2C)c1. The minimum Gasteiger partial charge on any atom is -0.480 e. The number of aryl methyl sites for hydroxylation is 1. The molecule has 1 saturated carbocycles. The van der Waals surface area contributed by atoms with Crippen LogP contribution in [0.2, 0.25) is 0 Å². The number of carboxylic acid groups (broad SMARTS) is 1. The second-order valence-corrected chi connectivity index (χ2v) is 12.1. The van der Waals surface area contributed by atoms with Crippen molar-refractivity contribution in [1.29, 1.82) is 0 Å². The molecule has 1 unspecified atom stereocenters. The first-order valence-electron chi connectivity index (χ1n) is 14.5. The van der Waals surface area contributed by atoms with E-state index in [9.17, 15) is 14.7 Å². The maximum absolute atomic E-state index is 13.4. The number of ether oxygens (including phenoxy) is 2. The van der Waals surface area contributed by atoms with Crippen molar-refractivity contribution in [1.82, 2.24) is 10.2 Å². The van der Waals surface area contributed by atoms with E-state index in [1.165, 1.54) is 19.3 Å². The molecular weight excluding hydrogens is 524 g/mol. The number of carboxylic acids is 1. The highest BCUT2D eigenvalue weighted by Gasteiger charge is 2.34. The van der Waals surface area contributed by atoms with Crippen molar-refractivity contribution in [3.8, 4) is 11.1 Å². The van der Waals surface area contributed by atoms with Crippen LogP contribution in [0.4, 0.5) is 0 Å². The smallest absolute Gasteiger partial charge is 0.326 e. The summed E-state index contributed by atoms with van der Waals surface area (Å²) < 4.78 is 12.1. The fraction of sp³-hybridized carbons (Fsp3) is 0.562. The van der Waals surface area contributed by atoms with Crippen molar-refractivity contribution in [2.75, 3.05) is 32.3 Å². The van der Waals surface area contributed by atoms with Crippen molar-refractivity contribution >= 4 is 23.6 Å². The molecule has 2 aliphatic rings. The molecule has 1 aliphatic carbocycles. The molecule has 3 atom stereocenters. The van der Waals surface area contributed by atoms with Gasteiger partial charge in [0.2, 0.25) is 0 Å². The fourth-order valence-electron chi connectivity index (χ4n) is 6.02. The molecule has 2 N–H and O–H groups in total. The summed E-state index contributed by atoms with van der Waals surface area (Å²) in [6.45, 7) is 4.28. The minimum absolute atomic E-state index is 0.207. The molecule has 7 nitrogen and oxygen atoms in total. The molecule has 0 aromatic heterocycles. The van der Waals surface area contributed by atoms with Gasteiger partial charge in [0.25, 0.3) is 5.91 Å². The predicted molar refractivity (Wildman–Crippen MR) is 161 cm³/mol. The van der Waals surface area contributed by atoms with Crippen LogP contribution in [-0.4, -0.2) is 78.4 Å². The van der Waals surface area contributed by atoms with E-state index in [0.717, 1.165) is 54.6 Å². The highest BCUT2D eigenvalue weighted by molar-refractivity contribution is 7.98. The van der Waals surface area contributed by atoms with Crippen LogP contribution in [0.1, 0.15) is 66.4 Å². The first kappa shape index (κ1) is 30.6. The summed E-state index contributed by atoms with van der Waals surface area (Å²) in [5.41, 5.74) is 4.44. The Balaban J connectivity index is 1.56. The molecule has 0 bridgehead atoms. The average Bonchev–Trinajstić information content (AvgIpc) is 3.31. The third-order valence-electron chi connectivity index (χ3n) is 8.15. The van der Waals surface area contributed by atoms with Gasteiger partial charge >= 0.3 is 5.97 Å². The van der Waals surface area contributed by atoms with Crippen molar-refractivity contribution in [3.05, 3.63) is 59.2 Å². The first-order chi connectivity index (χ1) is 19.4. The number of nitrogens with one attached hydrogen (secondary N) is 1. The van der Waals surface area contributed by atoms with Crippen molar-refractivity contribution in [2.45, 2.75) is 82.7 Å². The average molecular weight is 569 g/mol. The van der Waals surface area contributed by atoms with E-state index in [2.05, 4.69) is 16.3 Å². The number of hydrogen-bond acceptors (Lipinski definition) is 6. The number of carbonyl (C=O) groups is 2. The number of rotatable bonds is 13. The first-order valence-corrected chi connectivity index (χ1v) is 15.9. The summed E-state index contributed by atoms with van der Waals surface area (Å²) in [4.78, 5) is 27.7. The Morgan fingerprint density at radius 2 is 1.88 bits per heavy atom. The summed E-state index contributed by atoms with van der Waals surface area (Å²) in [5.74, 6) is -0.720. The highest BCUT2D eigenvalue weighted by Crippen LogP contribution is 2.31. The van der Waals surface area contributed by atoms with Crippen molar-refractivity contribution < 1.29 is 24.2 Å². The zero-order chi connectivity index (χ0) is 28.5. The molecule has 2 fully saturated rings. The Morgan fingerprint density at radius 1 is 1.10 bits per heavy atom. The molecule has 1 aliphatic heterocycles. The van der Waals surface area contributed by atoms with E-state index in [-0.39, 0.29) is 18.1 Å². The maximum Gasteiger partial charge on any atom is 0.326 e. The van der Waals surface area contributed by atoms with Gasteiger partial charge in [0.1, 0.15) is 6.04 Å². The summed E-state index contributed by atoms with van der Waals surface area (Å²) in [6, 6.07) is 13.3. The number of thioether (sulfide) groups is 1. The zero-order valence-corrected chi connectivity index (χ0v) is 24.9. The van der Waals surface area contributed by atoms with Crippen LogP contribution < -0.4 is 5.32 Å². The van der Waals surface area contributed by atoms with Crippen LogP contribution in [0.3, 0.4) is 0 Å². The second-order valence-electron chi connectivity index (χ2n) is 11.1. The standard InChI is InChI=1S/C32H44N2O5S/c1-22-9-7-8-12-27(22)29-17-23(13-14-28(29)31(35)33-30(32(36)37)15-16-40-3)19-34-20-26(18-24(34)21-38-2)39-25-10-5-4-6-11-25/h7-9,12-14,17,24-26,30H,4-6,10-11,15-16,18-21H2,1-3H3,(H,33,35)(H,36,37)/t24-,26?,30+/m1/s1. The normalized spacial score (nSPS) is 20.9. The van der Waals surface area contributed by atoms with Gasteiger partial charge < -0.3 is 19.9 Å². The Kier molecular flexibility index (Phi) is 11.5. The topological polar surface area (TPSA) is 88.1 Å². The molecule has 0 spiro atoms. The van der Waals surface area contributed by atoms with E-state index < -0.39 is 12.0 Å². The van der Waals surface area contributed by atoms with Crippen LogP contribution in [-0.2, 0) is 20.8 Å². The van der Waals surface area contributed by atoms with Crippen LogP contribution in [0, 0.1) is 6.92 Å². The number of methoxy groups -OCH3 is 1. The fourth-order valence-corrected chi connectivity index (χ4v) is 6.49. The lowest BCUT2D eigenvalue weighted by molar-refractivity contribution is -0.139. The largest absolute Gasteiger partial charge is 0.480 e. The number of benzene rings is 2. The monoisotopic (exact) mass is 568 g/mol. The number of hydrogen-bond donors (Lipinski definition) is 2. The molecule has 1 saturated heterocycles. The number of nitrogens with zero attached hydrogens (tertiary/aromatic N) is 1. The number of amides is 1. The lowest BCUT2D eigenvalue weighted by Crippen LogP contribution is -2.41. The van der Waals surface area contributed by atoms with E-state index >= 15 is 0 Å². The van der Waals surface area contributed by atoms with E-state index in [4.69, 9.17) is 9.47 Å². The van der Waals surface area contributed by atoms with E-state index in [1.54, 1.807) is 18.9 Å². The molecule has 8 heteroatoms. The molecule has 218 valence electrons. The van der Waals surface area contributed by atoms with Gasteiger partial charge in [-0.3, -0.25) is 9.69 Å². The molecule has 2 aromatic rings. The second kappa shape index (κ2) is 15.0. The Bertz CT molecular complexity index is 1140. The minimum atomic E-state index is -1.01.